The molecule has 0 amide bonds. The van der Waals surface area contributed by atoms with Gasteiger partial charge in [0.1, 0.15) is 16.8 Å². The molecular formula is C13H10Cl2F3N3. The van der Waals surface area contributed by atoms with Gasteiger partial charge in [-0.1, -0.05) is 30.1 Å². The fraction of sp³-hybridized carbons (Fsp3) is 0.231. The lowest BCUT2D eigenvalue weighted by molar-refractivity contribution is -0.137. The van der Waals surface area contributed by atoms with Crippen LogP contribution in [0, 0.1) is 0 Å². The van der Waals surface area contributed by atoms with Crippen molar-refractivity contribution in [1.82, 2.24) is 9.97 Å². The van der Waals surface area contributed by atoms with Crippen LogP contribution < -0.4 is 5.32 Å². The predicted molar refractivity (Wildman–Crippen MR) is 76.2 cm³/mol. The second-order valence-electron chi connectivity index (χ2n) is 4.20. The molecule has 8 heteroatoms. The van der Waals surface area contributed by atoms with E-state index in [0.29, 0.717) is 18.1 Å². The Morgan fingerprint density at radius 3 is 2.43 bits per heavy atom. The van der Waals surface area contributed by atoms with Crippen molar-refractivity contribution in [2.24, 2.45) is 0 Å². The maximum atomic E-state index is 12.7. The molecule has 3 nitrogen and oxygen atoms in total. The average molecular weight is 336 g/mol. The zero-order chi connectivity index (χ0) is 15.6. The van der Waals surface area contributed by atoms with Gasteiger partial charge in [0.15, 0.2) is 0 Å². The molecule has 2 rings (SSSR count). The average Bonchev–Trinajstić information content (AvgIpc) is 2.36. The highest BCUT2D eigenvalue weighted by molar-refractivity contribution is 6.31. The van der Waals surface area contributed by atoms with Crippen LogP contribution >= 0.6 is 23.2 Å². The number of rotatable bonds is 3. The van der Waals surface area contributed by atoms with Crippen LogP contribution in [0.1, 0.15) is 18.3 Å². The molecule has 1 N–H and O–H groups in total. The molecule has 1 aromatic heterocycles. The molecule has 0 unspecified atom stereocenters. The first-order valence-corrected chi connectivity index (χ1v) is 6.72. The van der Waals surface area contributed by atoms with Crippen LogP contribution in [0.2, 0.25) is 10.2 Å². The molecule has 0 spiro atoms. The number of nitrogens with one attached hydrogen (secondary N) is 1. The number of aromatic nitrogens is 2. The van der Waals surface area contributed by atoms with Crippen molar-refractivity contribution in [2.45, 2.75) is 19.5 Å². The minimum Gasteiger partial charge on any atom is -0.340 e. The molecule has 1 heterocycles. The quantitative estimate of drug-likeness (QED) is 0.792. The maximum absolute atomic E-state index is 12.7. The summed E-state index contributed by atoms with van der Waals surface area (Å²) in [5, 5.41) is 2.94. The smallest absolute Gasteiger partial charge is 0.340 e. The summed E-state index contributed by atoms with van der Waals surface area (Å²) in [6.07, 6.45) is -3.92. The second-order valence-corrected chi connectivity index (χ2v) is 5.02. The standard InChI is InChI=1S/C13H10Cl2F3N3/c1-2-11-20-10(15)6-12(21-11)19-9-4-7(13(16,17)18)3-8(14)5-9/h3-6H,2H2,1H3,(H,19,20,21). The minimum absolute atomic E-state index is 0.0248. The number of benzene rings is 1. The summed E-state index contributed by atoms with van der Waals surface area (Å²) in [6, 6.07) is 4.61. The van der Waals surface area contributed by atoms with Crippen LogP contribution in [-0.2, 0) is 12.6 Å². The Kier molecular flexibility index (Phi) is 4.58. The Balaban J connectivity index is 2.35. The normalized spacial score (nSPS) is 11.5. The molecule has 0 aliphatic heterocycles. The van der Waals surface area contributed by atoms with Gasteiger partial charge in [0.2, 0.25) is 0 Å². The molecule has 0 saturated carbocycles. The van der Waals surface area contributed by atoms with Crippen molar-refractivity contribution < 1.29 is 13.2 Å². The van der Waals surface area contributed by atoms with E-state index in [1.165, 1.54) is 12.1 Å². The predicted octanol–water partition coefficient (Wildman–Crippen LogP) is 5.11. The molecular weight excluding hydrogens is 326 g/mol. The van der Waals surface area contributed by atoms with Gasteiger partial charge >= 0.3 is 6.18 Å². The summed E-state index contributed by atoms with van der Waals surface area (Å²) >= 11 is 11.5. The van der Waals surface area contributed by atoms with E-state index in [9.17, 15) is 13.2 Å². The molecule has 0 fully saturated rings. The van der Waals surface area contributed by atoms with E-state index in [2.05, 4.69) is 15.3 Å². The van der Waals surface area contributed by atoms with E-state index < -0.39 is 11.7 Å². The molecule has 0 aliphatic carbocycles. The van der Waals surface area contributed by atoms with E-state index in [1.54, 1.807) is 0 Å². The summed E-state index contributed by atoms with van der Waals surface area (Å²) in [7, 11) is 0. The third kappa shape index (κ3) is 4.22. The minimum atomic E-state index is -4.47. The monoisotopic (exact) mass is 335 g/mol. The fourth-order valence-electron chi connectivity index (χ4n) is 1.66. The number of aryl methyl sites for hydroxylation is 1. The molecule has 0 saturated heterocycles. The topological polar surface area (TPSA) is 37.8 Å². The Bertz CT molecular complexity index is 660. The van der Waals surface area contributed by atoms with Crippen LogP contribution in [0.5, 0.6) is 0 Å². The van der Waals surface area contributed by atoms with E-state index in [4.69, 9.17) is 23.2 Å². The number of alkyl halides is 3. The first-order valence-electron chi connectivity index (χ1n) is 5.96. The van der Waals surface area contributed by atoms with Crippen LogP contribution in [-0.4, -0.2) is 9.97 Å². The lowest BCUT2D eigenvalue weighted by Gasteiger charge is -2.12. The largest absolute Gasteiger partial charge is 0.416 e. The number of anilines is 2. The summed E-state index contributed by atoms with van der Waals surface area (Å²) in [6.45, 7) is 1.84. The van der Waals surface area contributed by atoms with Gasteiger partial charge in [0, 0.05) is 23.2 Å². The second kappa shape index (κ2) is 6.07. The summed E-state index contributed by atoms with van der Waals surface area (Å²) in [5.41, 5.74) is -0.667. The summed E-state index contributed by atoms with van der Waals surface area (Å²) < 4.78 is 38.2. The highest BCUT2D eigenvalue weighted by Gasteiger charge is 2.31. The zero-order valence-electron chi connectivity index (χ0n) is 10.8. The highest BCUT2D eigenvalue weighted by atomic mass is 35.5. The van der Waals surface area contributed by atoms with Crippen molar-refractivity contribution in [1.29, 1.82) is 0 Å². The van der Waals surface area contributed by atoms with Crippen molar-refractivity contribution in [3.63, 3.8) is 0 Å². The Morgan fingerprint density at radius 1 is 1.10 bits per heavy atom. The van der Waals surface area contributed by atoms with Gasteiger partial charge in [-0.3, -0.25) is 0 Å². The lowest BCUT2D eigenvalue weighted by Crippen LogP contribution is -2.06. The van der Waals surface area contributed by atoms with E-state index >= 15 is 0 Å². The molecule has 112 valence electrons. The zero-order valence-corrected chi connectivity index (χ0v) is 12.3. The molecule has 0 atom stereocenters. The molecule has 2 aromatic rings. The van der Waals surface area contributed by atoms with Gasteiger partial charge in [-0.25, -0.2) is 9.97 Å². The van der Waals surface area contributed by atoms with Crippen molar-refractivity contribution in [2.75, 3.05) is 5.32 Å². The van der Waals surface area contributed by atoms with E-state index in [-0.39, 0.29) is 15.9 Å². The fourth-order valence-corrected chi connectivity index (χ4v) is 2.10. The van der Waals surface area contributed by atoms with E-state index in [0.717, 1.165) is 12.1 Å². The van der Waals surface area contributed by atoms with Crippen molar-refractivity contribution >= 4 is 34.7 Å². The molecule has 0 radical (unpaired) electrons. The summed E-state index contributed by atoms with van der Waals surface area (Å²) in [4.78, 5) is 8.11. The Hall–Kier alpha value is -1.53. The number of halogens is 5. The van der Waals surface area contributed by atoms with Crippen molar-refractivity contribution in [3.05, 3.63) is 45.8 Å². The number of hydrogen-bond acceptors (Lipinski definition) is 3. The lowest BCUT2D eigenvalue weighted by atomic mass is 10.2. The SMILES string of the molecule is CCc1nc(Cl)cc(Nc2cc(Cl)cc(C(F)(F)F)c2)n1. The molecule has 0 aliphatic rings. The van der Waals surface area contributed by atoms with Crippen LogP contribution in [0.25, 0.3) is 0 Å². The first-order chi connectivity index (χ1) is 9.77. The van der Waals surface area contributed by atoms with Gasteiger partial charge in [-0.2, -0.15) is 13.2 Å². The third-order valence-electron chi connectivity index (χ3n) is 2.55. The van der Waals surface area contributed by atoms with Gasteiger partial charge < -0.3 is 5.32 Å². The summed E-state index contributed by atoms with van der Waals surface area (Å²) in [5.74, 6) is 0.797. The Morgan fingerprint density at radius 2 is 1.81 bits per heavy atom. The maximum Gasteiger partial charge on any atom is 0.416 e. The molecule has 21 heavy (non-hydrogen) atoms. The third-order valence-corrected chi connectivity index (χ3v) is 2.97. The Labute approximate surface area is 129 Å². The highest BCUT2D eigenvalue weighted by Crippen LogP contribution is 2.34. The molecule has 1 aromatic carbocycles. The van der Waals surface area contributed by atoms with Gasteiger partial charge in [-0.05, 0) is 18.2 Å². The first kappa shape index (κ1) is 15.9. The van der Waals surface area contributed by atoms with Crippen molar-refractivity contribution in [3.8, 4) is 0 Å². The van der Waals surface area contributed by atoms with Gasteiger partial charge in [-0.15, -0.1) is 0 Å². The van der Waals surface area contributed by atoms with E-state index in [1.807, 2.05) is 6.92 Å². The number of hydrogen-bond donors (Lipinski definition) is 1. The van der Waals surface area contributed by atoms with Gasteiger partial charge in [0.25, 0.3) is 0 Å². The molecule has 0 bridgehead atoms. The van der Waals surface area contributed by atoms with Crippen LogP contribution in [0.15, 0.2) is 24.3 Å². The number of nitrogens with zero attached hydrogens (tertiary/aromatic N) is 2. The van der Waals surface area contributed by atoms with Crippen LogP contribution in [0.3, 0.4) is 0 Å². The van der Waals surface area contributed by atoms with Gasteiger partial charge in [0.05, 0.1) is 5.56 Å². The van der Waals surface area contributed by atoms with Crippen LogP contribution in [0.4, 0.5) is 24.7 Å².